The lowest BCUT2D eigenvalue weighted by molar-refractivity contribution is -0.119. The van der Waals surface area contributed by atoms with Gasteiger partial charge in [-0.2, -0.15) is 0 Å². The lowest BCUT2D eigenvalue weighted by Gasteiger charge is -2.22. The van der Waals surface area contributed by atoms with Gasteiger partial charge in [0.25, 0.3) is 5.91 Å². The first-order valence-corrected chi connectivity index (χ1v) is 9.55. The van der Waals surface area contributed by atoms with E-state index in [9.17, 15) is 14.4 Å². The summed E-state index contributed by atoms with van der Waals surface area (Å²) in [6, 6.07) is 15.1. The normalized spacial score (nSPS) is 20.6. The van der Waals surface area contributed by atoms with Gasteiger partial charge < -0.3 is 14.6 Å². The number of nitrogens with one attached hydrogen (secondary N) is 1. The van der Waals surface area contributed by atoms with Crippen molar-refractivity contribution in [2.45, 2.75) is 11.4 Å². The van der Waals surface area contributed by atoms with Crippen LogP contribution in [0.1, 0.15) is 21.3 Å². The Morgan fingerprint density at radius 2 is 1.96 bits per heavy atom. The van der Waals surface area contributed by atoms with Crippen molar-refractivity contribution in [3.8, 4) is 0 Å². The molecule has 7 heteroatoms. The molecule has 0 saturated carbocycles. The molecule has 0 spiro atoms. The number of carbonyl (C=O) groups is 2. The van der Waals surface area contributed by atoms with Crippen LogP contribution >= 0.6 is 11.8 Å². The van der Waals surface area contributed by atoms with E-state index in [1.54, 1.807) is 40.9 Å². The van der Waals surface area contributed by atoms with Crippen LogP contribution in [0, 0.1) is 0 Å². The summed E-state index contributed by atoms with van der Waals surface area (Å²) in [5.74, 6) is 0.239. The monoisotopic (exact) mass is 378 g/mol. The Kier molecular flexibility index (Phi) is 3.58. The van der Waals surface area contributed by atoms with E-state index in [1.165, 1.54) is 6.07 Å². The smallest absolute Gasteiger partial charge is 0.336 e. The van der Waals surface area contributed by atoms with E-state index in [0.717, 1.165) is 10.9 Å². The minimum atomic E-state index is -0.524. The maximum atomic E-state index is 12.9. The van der Waals surface area contributed by atoms with Crippen LogP contribution < -0.4 is 10.9 Å². The first kappa shape index (κ1) is 16.1. The Balaban J connectivity index is 1.40. The molecule has 1 saturated heterocycles. The van der Waals surface area contributed by atoms with Gasteiger partial charge in [0.15, 0.2) is 0 Å². The number of hydrogen-bond donors (Lipinski definition) is 1. The van der Waals surface area contributed by atoms with Gasteiger partial charge in [-0.3, -0.25) is 9.59 Å². The van der Waals surface area contributed by atoms with E-state index in [1.807, 2.05) is 24.3 Å². The van der Waals surface area contributed by atoms with Crippen LogP contribution in [0.5, 0.6) is 0 Å². The van der Waals surface area contributed by atoms with E-state index >= 15 is 0 Å². The van der Waals surface area contributed by atoms with Gasteiger partial charge in [0, 0.05) is 28.5 Å². The van der Waals surface area contributed by atoms with Gasteiger partial charge in [0.1, 0.15) is 17.0 Å². The zero-order valence-corrected chi connectivity index (χ0v) is 14.9. The Bertz CT molecular complexity index is 1160. The summed E-state index contributed by atoms with van der Waals surface area (Å²) < 4.78 is 5.10. The first-order valence-electron chi connectivity index (χ1n) is 8.50. The summed E-state index contributed by atoms with van der Waals surface area (Å²) in [6.45, 7) is 0. The van der Waals surface area contributed by atoms with Gasteiger partial charge in [-0.05, 0) is 35.9 Å². The number of benzene rings is 2. The molecule has 0 bridgehead atoms. The average Bonchev–Trinajstić information content (AvgIpc) is 3.23. The van der Waals surface area contributed by atoms with Crippen molar-refractivity contribution < 1.29 is 14.0 Å². The highest BCUT2D eigenvalue weighted by atomic mass is 32.2. The third-order valence-electron chi connectivity index (χ3n) is 4.88. The predicted molar refractivity (Wildman–Crippen MR) is 103 cm³/mol. The van der Waals surface area contributed by atoms with Crippen LogP contribution in [-0.4, -0.2) is 28.5 Å². The first-order chi connectivity index (χ1) is 13.1. The van der Waals surface area contributed by atoms with E-state index in [-0.39, 0.29) is 17.2 Å². The Labute approximate surface area is 158 Å². The largest absolute Gasteiger partial charge is 0.423 e. The molecule has 2 aliphatic heterocycles. The number of carbonyl (C=O) groups excluding carboxylic acids is 2. The van der Waals surface area contributed by atoms with Crippen LogP contribution in [-0.2, 0) is 4.79 Å². The molecule has 0 unspecified atom stereocenters. The zero-order valence-electron chi connectivity index (χ0n) is 14.0. The fraction of sp³-hybridized carbons (Fsp3) is 0.150. The summed E-state index contributed by atoms with van der Waals surface area (Å²) in [4.78, 5) is 38.5. The summed E-state index contributed by atoms with van der Waals surface area (Å²) in [6.07, 6.45) is 0. The van der Waals surface area contributed by atoms with Crippen molar-refractivity contribution in [3.05, 3.63) is 76.1 Å². The molecule has 2 atom stereocenters. The highest BCUT2D eigenvalue weighted by Crippen LogP contribution is 2.48. The molecule has 0 radical (unpaired) electrons. The van der Waals surface area contributed by atoms with E-state index in [0.29, 0.717) is 22.6 Å². The molecule has 27 heavy (non-hydrogen) atoms. The molecule has 134 valence electrons. The van der Waals surface area contributed by atoms with Crippen molar-refractivity contribution in [2.75, 3.05) is 11.1 Å². The highest BCUT2D eigenvalue weighted by molar-refractivity contribution is 7.99. The number of fused-ring (bicyclic) bond motifs is 4. The molecule has 1 aromatic heterocycles. The molecule has 2 aromatic carbocycles. The molecule has 2 aliphatic rings. The average molecular weight is 378 g/mol. The Morgan fingerprint density at radius 3 is 2.85 bits per heavy atom. The molecule has 6 nitrogen and oxygen atoms in total. The second-order valence-electron chi connectivity index (χ2n) is 6.50. The van der Waals surface area contributed by atoms with Gasteiger partial charge >= 0.3 is 5.63 Å². The predicted octanol–water partition coefficient (Wildman–Crippen LogP) is 3.00. The third kappa shape index (κ3) is 2.54. The minimum absolute atomic E-state index is 0.0963. The maximum absolute atomic E-state index is 12.9. The zero-order chi connectivity index (χ0) is 18.5. The quantitative estimate of drug-likeness (QED) is 0.694. The van der Waals surface area contributed by atoms with Crippen molar-refractivity contribution in [2.24, 2.45) is 0 Å². The number of rotatable bonds is 2. The molecule has 2 amide bonds. The molecular formula is C20H14N2O4S. The summed E-state index contributed by atoms with van der Waals surface area (Å²) in [7, 11) is 0. The van der Waals surface area contributed by atoms with Gasteiger partial charge in [0.05, 0.1) is 0 Å². The summed E-state index contributed by atoms with van der Waals surface area (Å²) >= 11 is 1.61. The SMILES string of the molecule is O=C(Nc1ccc2oc(=O)ccc2c1)[C@H]1CS[C@H]2c3ccccc3C(=O)N12. The number of anilines is 1. The lowest BCUT2D eigenvalue weighted by Crippen LogP contribution is -2.42. The highest BCUT2D eigenvalue weighted by Gasteiger charge is 2.48. The van der Waals surface area contributed by atoms with Crippen molar-refractivity contribution >= 4 is 40.2 Å². The van der Waals surface area contributed by atoms with Gasteiger partial charge in [-0.15, -0.1) is 11.8 Å². The molecule has 3 aromatic rings. The number of nitrogens with zero attached hydrogens (tertiary/aromatic N) is 1. The number of thioether (sulfide) groups is 1. The number of amides is 2. The maximum Gasteiger partial charge on any atom is 0.336 e. The van der Waals surface area contributed by atoms with Crippen molar-refractivity contribution in [3.63, 3.8) is 0 Å². The Morgan fingerprint density at radius 1 is 1.11 bits per heavy atom. The fourth-order valence-corrected chi connectivity index (χ4v) is 5.08. The molecular weight excluding hydrogens is 364 g/mol. The molecule has 1 N–H and O–H groups in total. The van der Waals surface area contributed by atoms with E-state index in [4.69, 9.17) is 4.42 Å². The number of hydrogen-bond acceptors (Lipinski definition) is 5. The van der Waals surface area contributed by atoms with Crippen LogP contribution in [0.3, 0.4) is 0 Å². The van der Waals surface area contributed by atoms with Crippen molar-refractivity contribution in [1.82, 2.24) is 4.90 Å². The van der Waals surface area contributed by atoms with Crippen LogP contribution in [0.15, 0.2) is 63.8 Å². The van der Waals surface area contributed by atoms with E-state index in [2.05, 4.69) is 5.32 Å². The molecule has 5 rings (SSSR count). The third-order valence-corrected chi connectivity index (χ3v) is 6.19. The van der Waals surface area contributed by atoms with Gasteiger partial charge in [-0.25, -0.2) is 4.79 Å². The summed E-state index contributed by atoms with van der Waals surface area (Å²) in [5.41, 5.74) is 2.29. The summed E-state index contributed by atoms with van der Waals surface area (Å²) in [5, 5.41) is 3.50. The standard InChI is InChI=1S/C20H14N2O4S/c23-17-8-5-11-9-12(6-7-16(11)26-17)21-18(24)15-10-27-20-14-4-2-1-3-13(14)19(25)22(15)20/h1-9,15,20H,10H2,(H,21,24)/t15-,20+/m1/s1. The molecule has 3 heterocycles. The van der Waals surface area contributed by atoms with Gasteiger partial charge in [0.2, 0.25) is 5.91 Å². The molecule has 1 fully saturated rings. The van der Waals surface area contributed by atoms with Gasteiger partial charge in [-0.1, -0.05) is 18.2 Å². The van der Waals surface area contributed by atoms with Crippen LogP contribution in [0.25, 0.3) is 11.0 Å². The second-order valence-corrected chi connectivity index (χ2v) is 7.61. The van der Waals surface area contributed by atoms with Crippen LogP contribution in [0.4, 0.5) is 5.69 Å². The van der Waals surface area contributed by atoms with E-state index < -0.39 is 11.7 Å². The lowest BCUT2D eigenvalue weighted by atomic mass is 10.1. The molecule has 0 aliphatic carbocycles. The Hall–Kier alpha value is -3.06. The van der Waals surface area contributed by atoms with Crippen LogP contribution in [0.2, 0.25) is 0 Å². The topological polar surface area (TPSA) is 79.6 Å². The second kappa shape index (κ2) is 5.99. The fourth-order valence-electron chi connectivity index (χ4n) is 3.62. The minimum Gasteiger partial charge on any atom is -0.423 e. The van der Waals surface area contributed by atoms with Crippen molar-refractivity contribution in [1.29, 1.82) is 0 Å².